The zero-order valence-electron chi connectivity index (χ0n) is 8.13. The molecule has 1 aromatic carbocycles. The summed E-state index contributed by atoms with van der Waals surface area (Å²) in [6.45, 7) is 1.74. The third-order valence-electron chi connectivity index (χ3n) is 2.19. The smallest absolute Gasteiger partial charge is 0.126 e. The van der Waals surface area contributed by atoms with Gasteiger partial charge < -0.3 is 0 Å². The molecule has 0 radical (unpaired) electrons. The van der Waals surface area contributed by atoms with Crippen LogP contribution in [0.25, 0.3) is 11.3 Å². The van der Waals surface area contributed by atoms with Crippen molar-refractivity contribution in [2.75, 3.05) is 0 Å². The van der Waals surface area contributed by atoms with Gasteiger partial charge in [-0.3, -0.25) is 0 Å². The Morgan fingerprint density at radius 3 is 2.93 bits per heavy atom. The van der Waals surface area contributed by atoms with Gasteiger partial charge in [-0.15, -0.1) is 22.9 Å². The summed E-state index contributed by atoms with van der Waals surface area (Å²) in [5, 5.41) is 0. The maximum absolute atomic E-state index is 13.1. The van der Waals surface area contributed by atoms with Gasteiger partial charge in [0.05, 0.1) is 17.1 Å². The van der Waals surface area contributed by atoms with Crippen molar-refractivity contribution in [1.29, 1.82) is 0 Å². The van der Waals surface area contributed by atoms with Crippen molar-refractivity contribution in [2.24, 2.45) is 0 Å². The average molecular weight is 242 g/mol. The van der Waals surface area contributed by atoms with E-state index in [0.717, 1.165) is 16.1 Å². The van der Waals surface area contributed by atoms with Gasteiger partial charge in [0.2, 0.25) is 0 Å². The van der Waals surface area contributed by atoms with E-state index >= 15 is 0 Å². The molecule has 1 aromatic heterocycles. The van der Waals surface area contributed by atoms with E-state index in [2.05, 4.69) is 4.98 Å². The van der Waals surface area contributed by atoms with Crippen LogP contribution in [0.3, 0.4) is 0 Å². The van der Waals surface area contributed by atoms with Crippen molar-refractivity contribution in [2.45, 2.75) is 12.8 Å². The summed E-state index contributed by atoms with van der Waals surface area (Å²) in [5.74, 6) is 0.248. The molecule has 0 saturated carbocycles. The van der Waals surface area contributed by atoms with E-state index in [1.807, 2.05) is 0 Å². The predicted octanol–water partition coefficient (Wildman–Crippen LogP) is 4.00. The van der Waals surface area contributed by atoms with Crippen LogP contribution in [0, 0.1) is 12.7 Å². The lowest BCUT2D eigenvalue weighted by molar-refractivity contribution is 0.619. The van der Waals surface area contributed by atoms with E-state index in [-0.39, 0.29) is 5.82 Å². The minimum Gasteiger partial charge on any atom is -0.244 e. The zero-order chi connectivity index (χ0) is 10.8. The molecule has 4 heteroatoms. The summed E-state index contributed by atoms with van der Waals surface area (Å²) in [6.07, 6.45) is 0. The summed E-state index contributed by atoms with van der Waals surface area (Å²) >= 11 is 7.31. The van der Waals surface area contributed by atoms with Crippen molar-refractivity contribution >= 4 is 22.9 Å². The summed E-state index contributed by atoms with van der Waals surface area (Å²) in [4.78, 5) is 5.26. The molecule has 0 aliphatic heterocycles. The quantitative estimate of drug-likeness (QED) is 0.725. The maximum Gasteiger partial charge on any atom is 0.126 e. The largest absolute Gasteiger partial charge is 0.244 e. The van der Waals surface area contributed by atoms with Crippen LogP contribution in [-0.2, 0) is 5.88 Å². The summed E-state index contributed by atoms with van der Waals surface area (Å²) in [5.41, 5.74) is 4.16. The number of aromatic nitrogens is 1. The lowest BCUT2D eigenvalue weighted by Crippen LogP contribution is -1.86. The molecule has 1 nitrogen and oxygen atoms in total. The monoisotopic (exact) mass is 241 g/mol. The van der Waals surface area contributed by atoms with E-state index in [1.54, 1.807) is 24.6 Å². The van der Waals surface area contributed by atoms with Crippen LogP contribution in [0.2, 0.25) is 0 Å². The number of hydrogen-bond donors (Lipinski definition) is 0. The van der Waals surface area contributed by atoms with E-state index in [1.165, 1.54) is 17.4 Å². The highest BCUT2D eigenvalue weighted by Crippen LogP contribution is 2.27. The Morgan fingerprint density at radius 1 is 1.47 bits per heavy atom. The minimum atomic E-state index is -0.193. The SMILES string of the molecule is Cc1cc(-c2ncsc2CCl)ccc1F. The molecule has 0 amide bonds. The fourth-order valence-electron chi connectivity index (χ4n) is 1.39. The van der Waals surface area contributed by atoms with Gasteiger partial charge in [0.15, 0.2) is 0 Å². The third-order valence-corrected chi connectivity index (χ3v) is 3.45. The summed E-state index contributed by atoms with van der Waals surface area (Å²) in [6, 6.07) is 4.98. The van der Waals surface area contributed by atoms with Crippen molar-refractivity contribution < 1.29 is 4.39 Å². The van der Waals surface area contributed by atoms with Crippen LogP contribution < -0.4 is 0 Å². The second kappa shape index (κ2) is 4.29. The molecule has 0 saturated heterocycles. The molecule has 0 spiro atoms. The normalized spacial score (nSPS) is 10.6. The Labute approximate surface area is 96.5 Å². The van der Waals surface area contributed by atoms with Crippen LogP contribution in [-0.4, -0.2) is 4.98 Å². The molecule has 2 rings (SSSR count). The Hall–Kier alpha value is -0.930. The fraction of sp³-hybridized carbons (Fsp3) is 0.182. The van der Waals surface area contributed by atoms with E-state index in [0.29, 0.717) is 11.4 Å². The molecule has 0 aliphatic carbocycles. The van der Waals surface area contributed by atoms with Gasteiger partial charge in [0.1, 0.15) is 5.82 Å². The van der Waals surface area contributed by atoms with Crippen molar-refractivity contribution in [3.05, 3.63) is 40.0 Å². The highest BCUT2D eigenvalue weighted by atomic mass is 35.5. The summed E-state index contributed by atoms with van der Waals surface area (Å²) < 4.78 is 13.1. The number of thiazole rings is 1. The molecule has 0 atom stereocenters. The summed E-state index contributed by atoms with van der Waals surface area (Å²) in [7, 11) is 0. The van der Waals surface area contributed by atoms with Gasteiger partial charge in [0, 0.05) is 10.4 Å². The number of alkyl halides is 1. The van der Waals surface area contributed by atoms with Crippen LogP contribution in [0.1, 0.15) is 10.4 Å². The molecular weight excluding hydrogens is 233 g/mol. The highest BCUT2D eigenvalue weighted by molar-refractivity contribution is 7.10. The average Bonchev–Trinajstić information content (AvgIpc) is 2.70. The maximum atomic E-state index is 13.1. The Kier molecular flexibility index (Phi) is 3.03. The van der Waals surface area contributed by atoms with Gasteiger partial charge in [-0.05, 0) is 30.7 Å². The van der Waals surface area contributed by atoms with Gasteiger partial charge in [-0.25, -0.2) is 9.37 Å². The van der Waals surface area contributed by atoms with Crippen molar-refractivity contribution in [3.8, 4) is 11.3 Å². The Bertz CT molecular complexity index is 481. The van der Waals surface area contributed by atoms with Crippen LogP contribution in [0.15, 0.2) is 23.7 Å². The molecule has 0 N–H and O–H groups in total. The third kappa shape index (κ3) is 2.03. The first-order valence-corrected chi connectivity index (χ1v) is 5.88. The lowest BCUT2D eigenvalue weighted by atomic mass is 10.1. The number of aryl methyl sites for hydroxylation is 1. The highest BCUT2D eigenvalue weighted by Gasteiger charge is 2.08. The van der Waals surface area contributed by atoms with E-state index in [4.69, 9.17) is 11.6 Å². The fourth-order valence-corrected chi connectivity index (χ4v) is 2.34. The van der Waals surface area contributed by atoms with Crippen molar-refractivity contribution in [1.82, 2.24) is 4.98 Å². The van der Waals surface area contributed by atoms with Gasteiger partial charge in [0.25, 0.3) is 0 Å². The topological polar surface area (TPSA) is 12.9 Å². The molecule has 0 aliphatic rings. The minimum absolute atomic E-state index is 0.193. The molecule has 0 bridgehead atoms. The number of hydrogen-bond acceptors (Lipinski definition) is 2. The van der Waals surface area contributed by atoms with Crippen LogP contribution >= 0.6 is 22.9 Å². The molecule has 15 heavy (non-hydrogen) atoms. The first-order valence-electron chi connectivity index (χ1n) is 4.47. The number of nitrogens with zero attached hydrogens (tertiary/aromatic N) is 1. The molecule has 0 fully saturated rings. The zero-order valence-corrected chi connectivity index (χ0v) is 9.70. The molecule has 1 heterocycles. The van der Waals surface area contributed by atoms with Crippen molar-refractivity contribution in [3.63, 3.8) is 0 Å². The standard InChI is InChI=1S/C11H9ClFNS/c1-7-4-8(2-3-9(7)13)11-10(5-12)15-6-14-11/h2-4,6H,5H2,1H3. The number of rotatable bonds is 2. The Morgan fingerprint density at radius 2 is 2.27 bits per heavy atom. The first-order chi connectivity index (χ1) is 7.22. The molecule has 78 valence electrons. The van der Waals surface area contributed by atoms with Crippen LogP contribution in [0.4, 0.5) is 4.39 Å². The lowest BCUT2D eigenvalue weighted by Gasteiger charge is -2.02. The second-order valence-electron chi connectivity index (χ2n) is 3.22. The van der Waals surface area contributed by atoms with Gasteiger partial charge >= 0.3 is 0 Å². The van der Waals surface area contributed by atoms with E-state index in [9.17, 15) is 4.39 Å². The Balaban J connectivity index is 2.50. The van der Waals surface area contributed by atoms with Crippen LogP contribution in [0.5, 0.6) is 0 Å². The number of benzene rings is 1. The van der Waals surface area contributed by atoms with E-state index < -0.39 is 0 Å². The van der Waals surface area contributed by atoms with Gasteiger partial charge in [-0.2, -0.15) is 0 Å². The molecule has 0 unspecified atom stereocenters. The predicted molar refractivity (Wildman–Crippen MR) is 61.8 cm³/mol. The molecular formula is C11H9ClFNS. The second-order valence-corrected chi connectivity index (χ2v) is 4.43. The molecule has 2 aromatic rings. The van der Waals surface area contributed by atoms with Gasteiger partial charge in [-0.1, -0.05) is 0 Å². The number of halogens is 2. The first kappa shape index (κ1) is 10.6.